The van der Waals surface area contributed by atoms with Crippen molar-refractivity contribution in [2.75, 3.05) is 19.9 Å². The van der Waals surface area contributed by atoms with Crippen molar-refractivity contribution >= 4 is 16.7 Å². The van der Waals surface area contributed by atoms with Crippen molar-refractivity contribution in [1.82, 2.24) is 10.3 Å². The molecule has 2 rings (SSSR count). The topological polar surface area (TPSA) is 68.3 Å². The van der Waals surface area contributed by atoms with E-state index in [0.717, 1.165) is 11.3 Å². The smallest absolute Gasteiger partial charge is 0.251 e. The monoisotopic (exact) mass is 346 g/mol. The molecule has 0 aliphatic carbocycles. The van der Waals surface area contributed by atoms with Crippen LogP contribution in [0, 0.1) is 0 Å². The summed E-state index contributed by atoms with van der Waals surface area (Å²) in [5.74, 6) is 0.504. The van der Waals surface area contributed by atoms with Gasteiger partial charge in [-0.05, 0) is 36.8 Å². The van der Waals surface area contributed by atoms with Crippen molar-refractivity contribution in [3.63, 3.8) is 0 Å². The van der Waals surface area contributed by atoms with Crippen molar-refractivity contribution in [3.8, 4) is 17.0 Å². The molecule has 24 heavy (non-hydrogen) atoms. The predicted octanol–water partition coefficient (Wildman–Crippen LogP) is 2.64. The molecule has 0 aliphatic heterocycles. The van der Waals surface area contributed by atoms with E-state index in [1.165, 1.54) is 0 Å². The quantitative estimate of drug-likeness (QED) is 0.837. The zero-order valence-corrected chi connectivity index (χ0v) is 14.9. The molecule has 2 atom stereocenters. The fraction of sp³-hybridized carbons (Fsp3) is 0.333. The summed E-state index contributed by atoms with van der Waals surface area (Å²) in [6.45, 7) is 2.40. The minimum absolute atomic E-state index is 0.0604. The zero-order chi connectivity index (χ0) is 17.5. The van der Waals surface area contributed by atoms with Gasteiger partial charge < -0.3 is 10.1 Å². The molecule has 0 saturated heterocycles. The molecule has 0 bridgehead atoms. The van der Waals surface area contributed by atoms with Crippen LogP contribution in [0.4, 0.5) is 0 Å². The Hall–Kier alpha value is -2.21. The highest BCUT2D eigenvalue weighted by atomic mass is 32.2. The Labute approximate surface area is 144 Å². The number of amides is 1. The van der Waals surface area contributed by atoms with E-state index >= 15 is 0 Å². The Kier molecular flexibility index (Phi) is 6.49. The van der Waals surface area contributed by atoms with Gasteiger partial charge in [-0.25, -0.2) is 0 Å². The predicted molar refractivity (Wildman–Crippen MR) is 96.7 cm³/mol. The summed E-state index contributed by atoms with van der Waals surface area (Å²) in [6.07, 6.45) is 4.06. The number of pyridine rings is 1. The van der Waals surface area contributed by atoms with Gasteiger partial charge in [0.25, 0.3) is 5.91 Å². The van der Waals surface area contributed by atoms with Crippen LogP contribution in [0.1, 0.15) is 23.7 Å². The molecule has 0 spiro atoms. The molecular formula is C18H22N2O3S. The summed E-state index contributed by atoms with van der Waals surface area (Å²) in [5, 5.41) is 2.93. The van der Waals surface area contributed by atoms with Crippen LogP contribution in [-0.4, -0.2) is 40.3 Å². The summed E-state index contributed by atoms with van der Waals surface area (Å²) in [7, 11) is 0.712. The van der Waals surface area contributed by atoms with Crippen LogP contribution in [-0.2, 0) is 10.8 Å². The van der Waals surface area contributed by atoms with Gasteiger partial charge in [-0.15, -0.1) is 0 Å². The SMILES string of the molecule is COc1ccc(C(=O)NCC[C@@H](C)[S@](C)=O)cc1-c1ccccn1. The second-order valence-electron chi connectivity index (χ2n) is 5.48. The van der Waals surface area contributed by atoms with E-state index in [2.05, 4.69) is 10.3 Å². The third-order valence-corrected chi connectivity index (χ3v) is 5.17. The van der Waals surface area contributed by atoms with Gasteiger partial charge in [0, 0.05) is 46.2 Å². The van der Waals surface area contributed by atoms with Gasteiger partial charge in [-0.2, -0.15) is 0 Å². The van der Waals surface area contributed by atoms with Gasteiger partial charge in [0.05, 0.1) is 12.8 Å². The number of nitrogens with one attached hydrogen (secondary N) is 1. The number of carbonyl (C=O) groups excluding carboxylic acids is 1. The number of hydrogen-bond donors (Lipinski definition) is 1. The fourth-order valence-corrected chi connectivity index (χ4v) is 2.68. The molecule has 0 unspecified atom stereocenters. The van der Waals surface area contributed by atoms with Crippen LogP contribution in [0.15, 0.2) is 42.6 Å². The largest absolute Gasteiger partial charge is 0.496 e. The second kappa shape index (κ2) is 8.59. The lowest BCUT2D eigenvalue weighted by Crippen LogP contribution is -2.27. The van der Waals surface area contributed by atoms with E-state index in [-0.39, 0.29) is 11.2 Å². The van der Waals surface area contributed by atoms with Crippen LogP contribution in [0.25, 0.3) is 11.3 Å². The normalized spacial score (nSPS) is 13.1. The van der Waals surface area contributed by atoms with E-state index in [9.17, 15) is 9.00 Å². The Morgan fingerprint density at radius 2 is 2.12 bits per heavy atom. The number of methoxy groups -OCH3 is 1. The summed E-state index contributed by atoms with van der Waals surface area (Å²) < 4.78 is 16.7. The third kappa shape index (κ3) is 4.64. The first-order valence-electron chi connectivity index (χ1n) is 7.72. The Bertz CT molecular complexity index is 719. The number of benzene rings is 1. The fourth-order valence-electron chi connectivity index (χ4n) is 2.23. The number of ether oxygens (including phenoxy) is 1. The van der Waals surface area contributed by atoms with Gasteiger partial charge >= 0.3 is 0 Å². The first-order valence-corrected chi connectivity index (χ1v) is 9.35. The van der Waals surface area contributed by atoms with E-state index in [1.54, 1.807) is 37.8 Å². The summed E-state index contributed by atoms with van der Waals surface area (Å²) in [5.41, 5.74) is 2.06. The number of rotatable bonds is 7. The van der Waals surface area contributed by atoms with E-state index < -0.39 is 10.8 Å². The third-order valence-electron chi connectivity index (χ3n) is 3.81. The van der Waals surface area contributed by atoms with Crippen molar-refractivity contribution < 1.29 is 13.7 Å². The van der Waals surface area contributed by atoms with Gasteiger partial charge in [0.2, 0.25) is 0 Å². The highest BCUT2D eigenvalue weighted by Crippen LogP contribution is 2.29. The maximum atomic E-state index is 12.3. The molecule has 1 aromatic carbocycles. The molecule has 1 aromatic heterocycles. The van der Waals surface area contributed by atoms with Gasteiger partial charge in [0.1, 0.15) is 5.75 Å². The number of aromatic nitrogens is 1. The molecule has 1 heterocycles. The minimum atomic E-state index is -0.879. The second-order valence-corrected chi connectivity index (χ2v) is 7.29. The first kappa shape index (κ1) is 18.1. The molecule has 128 valence electrons. The van der Waals surface area contributed by atoms with Gasteiger partial charge in [0.15, 0.2) is 0 Å². The van der Waals surface area contributed by atoms with Crippen LogP contribution in [0.5, 0.6) is 5.75 Å². The van der Waals surface area contributed by atoms with Crippen molar-refractivity contribution in [1.29, 1.82) is 0 Å². The number of nitrogens with zero attached hydrogens (tertiary/aromatic N) is 1. The molecular weight excluding hydrogens is 324 g/mol. The molecule has 0 fully saturated rings. The summed E-state index contributed by atoms with van der Waals surface area (Å²) in [6, 6.07) is 10.9. The highest BCUT2D eigenvalue weighted by Gasteiger charge is 2.13. The lowest BCUT2D eigenvalue weighted by molar-refractivity contribution is 0.0953. The molecule has 0 aliphatic rings. The molecule has 5 nitrogen and oxygen atoms in total. The maximum Gasteiger partial charge on any atom is 0.251 e. The summed E-state index contributed by atoms with van der Waals surface area (Å²) in [4.78, 5) is 16.6. The van der Waals surface area contributed by atoms with Crippen molar-refractivity contribution in [2.45, 2.75) is 18.6 Å². The molecule has 2 aromatic rings. The van der Waals surface area contributed by atoms with Crippen LogP contribution in [0.2, 0.25) is 0 Å². The molecule has 1 amide bonds. The lowest BCUT2D eigenvalue weighted by Gasteiger charge is -2.12. The van der Waals surface area contributed by atoms with Crippen LogP contribution >= 0.6 is 0 Å². The van der Waals surface area contributed by atoms with Gasteiger partial charge in [-0.1, -0.05) is 13.0 Å². The maximum absolute atomic E-state index is 12.3. The van der Waals surface area contributed by atoms with Crippen LogP contribution in [0.3, 0.4) is 0 Å². The van der Waals surface area contributed by atoms with Crippen molar-refractivity contribution in [2.24, 2.45) is 0 Å². The zero-order valence-electron chi connectivity index (χ0n) is 14.1. The molecule has 1 N–H and O–H groups in total. The Morgan fingerprint density at radius 1 is 1.33 bits per heavy atom. The first-order chi connectivity index (χ1) is 11.5. The molecule has 0 radical (unpaired) electrons. The lowest BCUT2D eigenvalue weighted by atomic mass is 10.1. The standard InChI is InChI=1S/C18H22N2O3S/c1-13(24(3)22)9-11-20-18(21)14-7-8-17(23-2)15(12-14)16-6-4-5-10-19-16/h4-8,10,12-13H,9,11H2,1-3H3,(H,20,21)/t13-,24+/m1/s1. The molecule has 6 heteroatoms. The molecule has 0 saturated carbocycles. The average Bonchev–Trinajstić information content (AvgIpc) is 2.61. The van der Waals surface area contributed by atoms with E-state index in [1.807, 2.05) is 25.1 Å². The van der Waals surface area contributed by atoms with E-state index in [0.29, 0.717) is 24.3 Å². The Morgan fingerprint density at radius 3 is 2.75 bits per heavy atom. The minimum Gasteiger partial charge on any atom is -0.496 e. The Balaban J connectivity index is 2.13. The van der Waals surface area contributed by atoms with Crippen LogP contribution < -0.4 is 10.1 Å². The van der Waals surface area contributed by atoms with Gasteiger partial charge in [-0.3, -0.25) is 14.0 Å². The van der Waals surface area contributed by atoms with Crippen molar-refractivity contribution in [3.05, 3.63) is 48.2 Å². The summed E-state index contributed by atoms with van der Waals surface area (Å²) >= 11 is 0. The number of hydrogen-bond acceptors (Lipinski definition) is 4. The van der Waals surface area contributed by atoms with E-state index in [4.69, 9.17) is 4.74 Å². The number of carbonyl (C=O) groups is 1. The average molecular weight is 346 g/mol. The highest BCUT2D eigenvalue weighted by molar-refractivity contribution is 7.84.